The Morgan fingerprint density at radius 2 is 1.76 bits per heavy atom. The van der Waals surface area contributed by atoms with Crippen LogP contribution >= 0.6 is 0 Å². The lowest BCUT2D eigenvalue weighted by Crippen LogP contribution is -2.43. The number of rotatable bonds is 6. The highest BCUT2D eigenvalue weighted by atomic mass is 16.5. The second-order valence-electron chi connectivity index (χ2n) is 6.42. The van der Waals surface area contributed by atoms with Gasteiger partial charge in [-0.3, -0.25) is 9.59 Å². The maximum absolute atomic E-state index is 12.6. The van der Waals surface area contributed by atoms with Crippen LogP contribution in [-0.4, -0.2) is 59.0 Å². The van der Waals surface area contributed by atoms with E-state index >= 15 is 0 Å². The SMILES string of the molecule is CCCCC(=O)N1CCCN(C(=O)C(C)Oc2ccc(O)cc2)CC1. The van der Waals surface area contributed by atoms with Crippen molar-refractivity contribution in [2.75, 3.05) is 26.2 Å². The Hall–Kier alpha value is -2.24. The Morgan fingerprint density at radius 3 is 2.44 bits per heavy atom. The van der Waals surface area contributed by atoms with Gasteiger partial charge in [0.1, 0.15) is 11.5 Å². The largest absolute Gasteiger partial charge is 0.508 e. The molecule has 0 bridgehead atoms. The molecule has 0 spiro atoms. The molecule has 138 valence electrons. The van der Waals surface area contributed by atoms with Gasteiger partial charge in [-0.25, -0.2) is 0 Å². The van der Waals surface area contributed by atoms with Crippen molar-refractivity contribution in [3.8, 4) is 11.5 Å². The number of unbranched alkanes of at least 4 members (excludes halogenated alkanes) is 1. The molecule has 1 unspecified atom stereocenters. The summed E-state index contributed by atoms with van der Waals surface area (Å²) in [4.78, 5) is 28.4. The highest BCUT2D eigenvalue weighted by Gasteiger charge is 2.25. The number of carbonyl (C=O) groups is 2. The number of carbonyl (C=O) groups excluding carboxylic acids is 2. The van der Waals surface area contributed by atoms with Crippen LogP contribution < -0.4 is 4.74 Å². The fourth-order valence-corrected chi connectivity index (χ4v) is 2.91. The Morgan fingerprint density at radius 1 is 1.12 bits per heavy atom. The second-order valence-corrected chi connectivity index (χ2v) is 6.42. The van der Waals surface area contributed by atoms with E-state index < -0.39 is 6.10 Å². The number of ether oxygens (including phenoxy) is 1. The molecule has 0 aromatic heterocycles. The molecule has 1 aromatic carbocycles. The Balaban J connectivity index is 1.87. The average molecular weight is 348 g/mol. The van der Waals surface area contributed by atoms with Crippen molar-refractivity contribution < 1.29 is 19.4 Å². The molecule has 1 N–H and O–H groups in total. The fraction of sp³-hybridized carbons (Fsp3) is 0.579. The normalized spacial score (nSPS) is 16.2. The van der Waals surface area contributed by atoms with Gasteiger partial charge >= 0.3 is 0 Å². The first-order valence-electron chi connectivity index (χ1n) is 9.03. The maximum Gasteiger partial charge on any atom is 0.263 e. The van der Waals surface area contributed by atoms with Crippen molar-refractivity contribution in [3.05, 3.63) is 24.3 Å². The summed E-state index contributed by atoms with van der Waals surface area (Å²) in [5, 5.41) is 9.30. The van der Waals surface area contributed by atoms with Gasteiger partial charge in [0, 0.05) is 32.6 Å². The number of nitrogens with zero attached hydrogens (tertiary/aromatic N) is 2. The molecule has 1 aromatic rings. The third-order valence-electron chi connectivity index (χ3n) is 4.40. The molecule has 25 heavy (non-hydrogen) atoms. The van der Waals surface area contributed by atoms with E-state index in [-0.39, 0.29) is 17.6 Å². The highest BCUT2D eigenvalue weighted by molar-refractivity contribution is 5.81. The van der Waals surface area contributed by atoms with Gasteiger partial charge in [-0.2, -0.15) is 0 Å². The molecular weight excluding hydrogens is 320 g/mol. The molecule has 1 aliphatic rings. The molecule has 0 radical (unpaired) electrons. The maximum atomic E-state index is 12.6. The number of benzene rings is 1. The van der Waals surface area contributed by atoms with Crippen molar-refractivity contribution in [1.29, 1.82) is 0 Å². The zero-order chi connectivity index (χ0) is 18.2. The lowest BCUT2D eigenvalue weighted by atomic mass is 10.2. The van der Waals surface area contributed by atoms with Crippen molar-refractivity contribution in [3.63, 3.8) is 0 Å². The minimum absolute atomic E-state index is 0.0732. The minimum atomic E-state index is -0.605. The van der Waals surface area contributed by atoms with Gasteiger partial charge in [-0.05, 0) is 44.0 Å². The van der Waals surface area contributed by atoms with Crippen LogP contribution in [0.4, 0.5) is 0 Å². The summed E-state index contributed by atoms with van der Waals surface area (Å²) in [5.74, 6) is 0.817. The van der Waals surface area contributed by atoms with Crippen molar-refractivity contribution in [2.24, 2.45) is 0 Å². The second kappa shape index (κ2) is 9.30. The first-order valence-corrected chi connectivity index (χ1v) is 9.03. The summed E-state index contributed by atoms with van der Waals surface area (Å²) in [5.41, 5.74) is 0. The monoisotopic (exact) mass is 348 g/mol. The van der Waals surface area contributed by atoms with E-state index in [2.05, 4.69) is 6.92 Å². The number of amides is 2. The molecule has 0 aliphatic carbocycles. The molecular formula is C19H28N2O4. The molecule has 1 aliphatic heterocycles. The van der Waals surface area contributed by atoms with E-state index in [9.17, 15) is 14.7 Å². The zero-order valence-corrected chi connectivity index (χ0v) is 15.1. The van der Waals surface area contributed by atoms with Crippen LogP contribution in [0.15, 0.2) is 24.3 Å². The van der Waals surface area contributed by atoms with Crippen molar-refractivity contribution in [1.82, 2.24) is 9.80 Å². The van der Waals surface area contributed by atoms with Crippen LogP contribution in [0, 0.1) is 0 Å². The fourth-order valence-electron chi connectivity index (χ4n) is 2.91. The molecule has 1 saturated heterocycles. The number of hydrogen-bond donors (Lipinski definition) is 1. The smallest absolute Gasteiger partial charge is 0.263 e. The Labute approximate surface area is 149 Å². The quantitative estimate of drug-likeness (QED) is 0.857. The number of phenolic OH excluding ortho intramolecular Hbond substituents is 1. The average Bonchev–Trinajstić information content (AvgIpc) is 2.87. The molecule has 2 rings (SSSR count). The van der Waals surface area contributed by atoms with Gasteiger partial charge in [0.2, 0.25) is 5.91 Å². The standard InChI is InChI=1S/C19H28N2O4/c1-3-4-6-18(23)20-11-5-12-21(14-13-20)19(24)15(2)25-17-9-7-16(22)8-10-17/h7-10,15,22H,3-6,11-14H2,1-2H3. The van der Waals surface area contributed by atoms with Gasteiger partial charge in [0.15, 0.2) is 6.10 Å². The summed E-state index contributed by atoms with van der Waals surface area (Å²) in [6.45, 7) is 6.27. The van der Waals surface area contributed by atoms with E-state index in [1.165, 1.54) is 12.1 Å². The first-order chi connectivity index (χ1) is 12.0. The Kier molecular flexibility index (Phi) is 7.10. The van der Waals surface area contributed by atoms with E-state index in [0.717, 1.165) is 19.3 Å². The minimum Gasteiger partial charge on any atom is -0.508 e. The summed E-state index contributed by atoms with van der Waals surface area (Å²) < 4.78 is 5.67. The molecule has 6 heteroatoms. The van der Waals surface area contributed by atoms with E-state index in [1.54, 1.807) is 24.0 Å². The van der Waals surface area contributed by atoms with E-state index in [1.807, 2.05) is 4.90 Å². The molecule has 1 fully saturated rings. The molecule has 0 saturated carbocycles. The van der Waals surface area contributed by atoms with Crippen LogP contribution in [0.1, 0.15) is 39.5 Å². The number of phenols is 1. The molecule has 1 atom stereocenters. The predicted octanol–water partition coefficient (Wildman–Crippen LogP) is 2.41. The lowest BCUT2D eigenvalue weighted by Gasteiger charge is -2.25. The van der Waals surface area contributed by atoms with Gasteiger partial charge in [-0.15, -0.1) is 0 Å². The van der Waals surface area contributed by atoms with Crippen LogP contribution in [-0.2, 0) is 9.59 Å². The van der Waals surface area contributed by atoms with Crippen molar-refractivity contribution in [2.45, 2.75) is 45.6 Å². The molecule has 2 amide bonds. The highest BCUT2D eigenvalue weighted by Crippen LogP contribution is 2.18. The summed E-state index contributed by atoms with van der Waals surface area (Å²) in [6, 6.07) is 6.32. The summed E-state index contributed by atoms with van der Waals surface area (Å²) in [6.07, 6.45) is 2.69. The third-order valence-corrected chi connectivity index (χ3v) is 4.40. The van der Waals surface area contributed by atoms with E-state index in [0.29, 0.717) is 38.3 Å². The predicted molar refractivity (Wildman–Crippen MR) is 95.5 cm³/mol. The van der Waals surface area contributed by atoms with Gasteiger partial charge in [0.05, 0.1) is 0 Å². The number of hydrogen-bond acceptors (Lipinski definition) is 4. The molecule has 1 heterocycles. The third kappa shape index (κ3) is 5.66. The zero-order valence-electron chi connectivity index (χ0n) is 15.1. The Bertz CT molecular complexity index is 573. The van der Waals surface area contributed by atoms with Gasteiger partial charge in [-0.1, -0.05) is 13.3 Å². The van der Waals surface area contributed by atoms with Gasteiger partial charge < -0.3 is 19.6 Å². The molecule has 6 nitrogen and oxygen atoms in total. The van der Waals surface area contributed by atoms with E-state index in [4.69, 9.17) is 4.74 Å². The lowest BCUT2D eigenvalue weighted by molar-refractivity contribution is -0.138. The summed E-state index contributed by atoms with van der Waals surface area (Å²) >= 11 is 0. The number of aromatic hydroxyl groups is 1. The van der Waals surface area contributed by atoms with Crippen LogP contribution in [0.5, 0.6) is 11.5 Å². The van der Waals surface area contributed by atoms with Crippen LogP contribution in [0.3, 0.4) is 0 Å². The topological polar surface area (TPSA) is 70.1 Å². The van der Waals surface area contributed by atoms with Gasteiger partial charge in [0.25, 0.3) is 5.91 Å². The van der Waals surface area contributed by atoms with Crippen LogP contribution in [0.2, 0.25) is 0 Å². The first kappa shape index (κ1) is 19.1. The van der Waals surface area contributed by atoms with Crippen LogP contribution in [0.25, 0.3) is 0 Å². The summed E-state index contributed by atoms with van der Waals surface area (Å²) in [7, 11) is 0. The van der Waals surface area contributed by atoms with Crippen molar-refractivity contribution >= 4 is 11.8 Å².